The van der Waals surface area contributed by atoms with E-state index in [9.17, 15) is 29.1 Å². The van der Waals surface area contributed by atoms with E-state index in [4.69, 9.17) is 10.8 Å². The minimum absolute atomic E-state index is 0.0382. The van der Waals surface area contributed by atoms with Crippen LogP contribution in [0.4, 0.5) is 0 Å². The molecule has 1 aromatic carbocycles. The number of hydrogen-bond donors (Lipinski definition) is 6. The minimum Gasteiger partial charge on any atom is -0.506 e. The fourth-order valence-electron chi connectivity index (χ4n) is 3.10. The van der Waals surface area contributed by atoms with E-state index in [0.29, 0.717) is 20.0 Å². The maximum atomic E-state index is 12.9. The molecule has 4 amide bonds. The highest BCUT2D eigenvalue weighted by Gasteiger charge is 2.27. The van der Waals surface area contributed by atoms with Gasteiger partial charge in [0.15, 0.2) is 0 Å². The van der Waals surface area contributed by atoms with Gasteiger partial charge in [0.1, 0.15) is 24.4 Å². The number of nitrogens with one attached hydrogen (secondary N) is 3. The number of primary amides is 1. The lowest BCUT2D eigenvalue weighted by Gasteiger charge is -2.24. The first-order valence-electron chi connectivity index (χ1n) is 10.8. The van der Waals surface area contributed by atoms with Gasteiger partial charge < -0.3 is 31.9 Å². The second kappa shape index (κ2) is 15.1. The highest BCUT2D eigenvalue weighted by molar-refractivity contribution is 14.1. The van der Waals surface area contributed by atoms with Gasteiger partial charge in [0.2, 0.25) is 23.6 Å². The number of aliphatic carboxylic acids is 1. The van der Waals surface area contributed by atoms with Crippen LogP contribution >= 0.6 is 45.2 Å². The minimum atomic E-state index is -1.26. The number of rotatable bonds is 14. The van der Waals surface area contributed by atoms with Crippen molar-refractivity contribution in [2.75, 3.05) is 6.54 Å². The molecule has 0 spiro atoms. The van der Waals surface area contributed by atoms with E-state index in [2.05, 4.69) is 16.0 Å². The third-order valence-corrected chi connectivity index (χ3v) is 6.45. The number of carbonyl (C=O) groups excluding carboxylic acids is 4. The molecule has 11 nitrogen and oxygen atoms in total. The Morgan fingerprint density at radius 2 is 1.57 bits per heavy atom. The van der Waals surface area contributed by atoms with Gasteiger partial charge in [-0.2, -0.15) is 0 Å². The maximum Gasteiger partial charge on any atom is 0.322 e. The third-order valence-electron chi connectivity index (χ3n) is 4.80. The fourth-order valence-corrected chi connectivity index (χ4v) is 5.00. The highest BCUT2D eigenvalue weighted by Crippen LogP contribution is 2.27. The first kappa shape index (κ1) is 30.9. The molecular weight excluding hydrogens is 686 g/mol. The predicted molar refractivity (Wildman–Crippen MR) is 144 cm³/mol. The van der Waals surface area contributed by atoms with E-state index < -0.39 is 42.3 Å². The average Bonchev–Trinajstić information content (AvgIpc) is 2.75. The van der Waals surface area contributed by atoms with Crippen LogP contribution < -0.4 is 21.7 Å². The Hall–Kier alpha value is -2.17. The van der Waals surface area contributed by atoms with Crippen molar-refractivity contribution in [3.63, 3.8) is 0 Å². The van der Waals surface area contributed by atoms with Gasteiger partial charge in [0.25, 0.3) is 0 Å². The van der Waals surface area contributed by atoms with Crippen LogP contribution in [0, 0.1) is 13.1 Å². The smallest absolute Gasteiger partial charge is 0.322 e. The first-order chi connectivity index (χ1) is 16.3. The van der Waals surface area contributed by atoms with Crippen molar-refractivity contribution in [3.05, 3.63) is 24.8 Å². The molecule has 0 bridgehead atoms. The molecule has 1 rings (SSSR count). The van der Waals surface area contributed by atoms with Crippen LogP contribution in [0.15, 0.2) is 12.1 Å². The SMILES string of the molecule is CC(C)C[C@H](NC(=O)CCc1cc(I)c(O)c(I)c1)C(=O)NC(CCC(N)=O)C(=O)NCC(=O)O. The van der Waals surface area contributed by atoms with Gasteiger partial charge in [-0.3, -0.25) is 24.0 Å². The number of benzene rings is 1. The molecule has 7 N–H and O–H groups in total. The van der Waals surface area contributed by atoms with Crippen molar-refractivity contribution < 1.29 is 34.2 Å². The fraction of sp³-hybridized carbons (Fsp3) is 0.500. The second-order valence-corrected chi connectivity index (χ2v) is 10.7. The second-order valence-electron chi connectivity index (χ2n) is 8.34. The first-order valence-corrected chi connectivity index (χ1v) is 13.0. The summed E-state index contributed by atoms with van der Waals surface area (Å²) in [6.07, 6.45) is 0.478. The summed E-state index contributed by atoms with van der Waals surface area (Å²) < 4.78 is 1.34. The number of phenolic OH excluding ortho intramolecular Hbond substituents is 1. The maximum absolute atomic E-state index is 12.9. The lowest BCUT2D eigenvalue weighted by molar-refractivity contribution is -0.138. The monoisotopic (exact) mass is 716 g/mol. The van der Waals surface area contributed by atoms with Crippen molar-refractivity contribution in [2.45, 2.75) is 58.0 Å². The van der Waals surface area contributed by atoms with E-state index >= 15 is 0 Å². The van der Waals surface area contributed by atoms with Crippen LogP contribution in [-0.2, 0) is 30.4 Å². The molecule has 2 atom stereocenters. The predicted octanol–water partition coefficient (Wildman–Crippen LogP) is 1.02. The van der Waals surface area contributed by atoms with Crippen molar-refractivity contribution in [1.82, 2.24) is 16.0 Å². The van der Waals surface area contributed by atoms with E-state index in [-0.39, 0.29) is 36.8 Å². The molecule has 0 saturated heterocycles. The molecule has 0 heterocycles. The van der Waals surface area contributed by atoms with Gasteiger partial charge in [0.05, 0.1) is 7.14 Å². The van der Waals surface area contributed by atoms with E-state index in [1.165, 1.54) is 0 Å². The molecule has 0 aliphatic rings. The number of carboxylic acids is 1. The number of nitrogens with two attached hydrogens (primary N) is 1. The summed E-state index contributed by atoms with van der Waals surface area (Å²) in [4.78, 5) is 59.8. The molecule has 13 heteroatoms. The highest BCUT2D eigenvalue weighted by atomic mass is 127. The number of amides is 4. The Morgan fingerprint density at radius 1 is 0.971 bits per heavy atom. The largest absolute Gasteiger partial charge is 0.506 e. The zero-order valence-electron chi connectivity index (χ0n) is 19.4. The standard InChI is InChI=1S/C22H30I2N4O7/c1-11(2)7-16(27-18(30)6-3-12-8-13(23)20(33)14(24)9-12)22(35)28-15(4-5-17(25)29)21(34)26-10-19(31)32/h8-9,11,15-16,33H,3-7,10H2,1-2H3,(H2,25,29)(H,26,34)(H,27,30)(H,28,35)(H,31,32)/t15?,16-/m0/s1. The molecule has 194 valence electrons. The Balaban J connectivity index is 2.86. The summed E-state index contributed by atoms with van der Waals surface area (Å²) in [5.41, 5.74) is 6.00. The number of aryl methyl sites for hydroxylation is 1. The number of phenols is 1. The molecule has 1 aromatic rings. The number of carbonyl (C=O) groups is 5. The molecule has 1 unspecified atom stereocenters. The molecule has 0 aliphatic carbocycles. The van der Waals surface area contributed by atoms with E-state index in [1.54, 1.807) is 12.1 Å². The van der Waals surface area contributed by atoms with Crippen molar-refractivity contribution in [3.8, 4) is 5.75 Å². The van der Waals surface area contributed by atoms with Crippen LogP contribution in [0.1, 0.15) is 45.1 Å². The molecule has 0 aromatic heterocycles. The van der Waals surface area contributed by atoms with Crippen molar-refractivity contribution in [1.29, 1.82) is 0 Å². The van der Waals surface area contributed by atoms with Crippen molar-refractivity contribution >= 4 is 74.8 Å². The van der Waals surface area contributed by atoms with Crippen LogP contribution in [0.25, 0.3) is 0 Å². The molecule has 0 radical (unpaired) electrons. The van der Waals surface area contributed by atoms with Crippen LogP contribution in [0.5, 0.6) is 5.75 Å². The van der Waals surface area contributed by atoms with Crippen LogP contribution in [-0.4, -0.2) is 58.4 Å². The molecule has 35 heavy (non-hydrogen) atoms. The summed E-state index contributed by atoms with van der Waals surface area (Å²) in [5, 5.41) is 26.0. The topological polar surface area (TPSA) is 188 Å². The van der Waals surface area contributed by atoms with Gasteiger partial charge in [-0.15, -0.1) is 0 Å². The number of halogens is 2. The summed E-state index contributed by atoms with van der Waals surface area (Å²) in [6.45, 7) is 3.09. The van der Waals surface area contributed by atoms with Crippen molar-refractivity contribution in [2.24, 2.45) is 11.7 Å². The number of hydrogen-bond acceptors (Lipinski definition) is 6. The molecule has 0 saturated carbocycles. The Labute approximate surface area is 230 Å². The summed E-state index contributed by atoms with van der Waals surface area (Å²) >= 11 is 4.02. The Morgan fingerprint density at radius 3 is 2.09 bits per heavy atom. The van der Waals surface area contributed by atoms with Crippen LogP contribution in [0.2, 0.25) is 0 Å². The zero-order chi connectivity index (χ0) is 26.7. The lowest BCUT2D eigenvalue weighted by atomic mass is 10.0. The van der Waals surface area contributed by atoms with E-state index in [0.717, 1.165) is 5.56 Å². The van der Waals surface area contributed by atoms with E-state index in [1.807, 2.05) is 59.0 Å². The zero-order valence-corrected chi connectivity index (χ0v) is 23.7. The normalized spacial score (nSPS) is 12.5. The van der Waals surface area contributed by atoms with Gasteiger partial charge in [-0.25, -0.2) is 0 Å². The quantitative estimate of drug-likeness (QED) is 0.155. The van der Waals surface area contributed by atoms with Gasteiger partial charge in [-0.1, -0.05) is 13.8 Å². The Bertz CT molecular complexity index is 933. The summed E-state index contributed by atoms with van der Waals surface area (Å²) in [7, 11) is 0. The summed E-state index contributed by atoms with van der Waals surface area (Å²) in [6, 6.07) is 1.43. The third kappa shape index (κ3) is 11.9. The van der Waals surface area contributed by atoms with Gasteiger partial charge in [-0.05, 0) is 88.1 Å². The molecule has 0 fully saturated rings. The lowest BCUT2D eigenvalue weighted by Crippen LogP contribution is -2.54. The van der Waals surface area contributed by atoms with Gasteiger partial charge in [0, 0.05) is 12.8 Å². The van der Waals surface area contributed by atoms with Gasteiger partial charge >= 0.3 is 5.97 Å². The number of carboxylic acid groups (broad SMARTS) is 1. The molecular formula is C22H30I2N4O7. The van der Waals surface area contributed by atoms with Crippen LogP contribution in [0.3, 0.4) is 0 Å². The average molecular weight is 716 g/mol. The molecule has 0 aliphatic heterocycles. The Kier molecular flexibility index (Phi) is 13.3. The summed E-state index contributed by atoms with van der Waals surface area (Å²) in [5.74, 6) is -3.48. The number of aromatic hydroxyl groups is 1.